The van der Waals surface area contributed by atoms with Crippen molar-refractivity contribution in [2.45, 2.75) is 11.0 Å². The molecule has 20 heavy (non-hydrogen) atoms. The van der Waals surface area contributed by atoms with E-state index in [0.29, 0.717) is 5.65 Å². The van der Waals surface area contributed by atoms with Crippen molar-refractivity contribution in [2.75, 3.05) is 11.5 Å². The predicted molar refractivity (Wildman–Crippen MR) is 82.3 cm³/mol. The van der Waals surface area contributed by atoms with Crippen molar-refractivity contribution in [2.24, 2.45) is 14.1 Å². The van der Waals surface area contributed by atoms with Gasteiger partial charge in [-0.05, 0) is 17.9 Å². The summed E-state index contributed by atoms with van der Waals surface area (Å²) in [6, 6.07) is 0. The second-order valence-electron chi connectivity index (χ2n) is 4.60. The van der Waals surface area contributed by atoms with Crippen LogP contribution in [-0.2, 0) is 14.1 Å². The molecule has 0 unspecified atom stereocenters. The Morgan fingerprint density at radius 2 is 1.90 bits per heavy atom. The van der Waals surface area contributed by atoms with E-state index in [1.165, 1.54) is 18.0 Å². The van der Waals surface area contributed by atoms with Gasteiger partial charge in [0.05, 0.1) is 16.5 Å². The summed E-state index contributed by atoms with van der Waals surface area (Å²) in [6.45, 7) is 0. The molecule has 106 valence electrons. The molecule has 1 aliphatic heterocycles. The number of nitrogens with zero attached hydrogens (tertiary/aromatic N) is 4. The summed E-state index contributed by atoms with van der Waals surface area (Å²) < 4.78 is 2.65. The Morgan fingerprint density at radius 1 is 1.20 bits per heavy atom. The van der Waals surface area contributed by atoms with Gasteiger partial charge in [-0.25, -0.2) is 14.8 Å². The summed E-state index contributed by atoms with van der Waals surface area (Å²) in [5.41, 5.74) is 0.642. The van der Waals surface area contributed by atoms with Crippen LogP contribution in [0.4, 0.5) is 0 Å². The molecule has 0 aliphatic carbocycles. The van der Waals surface area contributed by atoms with Gasteiger partial charge in [0, 0.05) is 14.1 Å². The first-order valence-electron chi connectivity index (χ1n) is 6.25. The second kappa shape index (κ2) is 5.25. The minimum absolute atomic E-state index is 0.225. The monoisotopic (exact) mass is 310 g/mol. The van der Waals surface area contributed by atoms with E-state index in [1.807, 2.05) is 23.5 Å². The molecule has 0 amide bonds. The molecular weight excluding hydrogens is 296 g/mol. The summed E-state index contributed by atoms with van der Waals surface area (Å²) in [4.78, 5) is 32.8. The minimum atomic E-state index is -0.386. The lowest BCUT2D eigenvalue weighted by molar-refractivity contribution is 0.703. The Labute approximate surface area is 123 Å². The molecule has 0 aromatic carbocycles. The summed E-state index contributed by atoms with van der Waals surface area (Å²) in [5, 5.41) is 0. The molecular formula is C12H14N4O2S2. The van der Waals surface area contributed by atoms with Gasteiger partial charge in [0.15, 0.2) is 11.2 Å². The van der Waals surface area contributed by atoms with Crippen LogP contribution in [0.3, 0.4) is 0 Å². The molecule has 3 heterocycles. The molecule has 1 fully saturated rings. The summed E-state index contributed by atoms with van der Waals surface area (Å²) in [5.74, 6) is 2.20. The maximum atomic E-state index is 12.2. The van der Waals surface area contributed by atoms with E-state index in [1.54, 1.807) is 13.2 Å². The quantitative estimate of drug-likeness (QED) is 0.779. The number of hydrogen-bond donors (Lipinski definition) is 0. The molecule has 8 heteroatoms. The SMILES string of the molecule is Cn1c(=O)c2nc(C3SCCCS3)cnc2n(C)c1=O. The normalized spacial score (nSPS) is 16.7. The van der Waals surface area contributed by atoms with E-state index < -0.39 is 0 Å². The molecule has 2 aromatic rings. The van der Waals surface area contributed by atoms with Gasteiger partial charge in [-0.15, -0.1) is 23.5 Å². The highest BCUT2D eigenvalue weighted by Gasteiger charge is 2.20. The Bertz CT molecular complexity index is 777. The summed E-state index contributed by atoms with van der Waals surface area (Å²) in [6.07, 6.45) is 2.88. The van der Waals surface area contributed by atoms with Gasteiger partial charge in [0.25, 0.3) is 5.56 Å². The minimum Gasteiger partial charge on any atom is -0.279 e. The van der Waals surface area contributed by atoms with Gasteiger partial charge in [0.2, 0.25) is 0 Å². The Morgan fingerprint density at radius 3 is 2.60 bits per heavy atom. The van der Waals surface area contributed by atoms with Crippen molar-refractivity contribution in [1.82, 2.24) is 19.1 Å². The van der Waals surface area contributed by atoms with Crippen molar-refractivity contribution in [1.29, 1.82) is 0 Å². The molecule has 6 nitrogen and oxygen atoms in total. The zero-order chi connectivity index (χ0) is 14.3. The number of fused-ring (bicyclic) bond motifs is 1. The van der Waals surface area contributed by atoms with Crippen molar-refractivity contribution in [3.63, 3.8) is 0 Å². The average molecular weight is 310 g/mol. The van der Waals surface area contributed by atoms with Crippen LogP contribution < -0.4 is 11.2 Å². The molecule has 0 radical (unpaired) electrons. The number of rotatable bonds is 1. The molecule has 0 bridgehead atoms. The smallest absolute Gasteiger partial charge is 0.279 e. The first-order valence-corrected chi connectivity index (χ1v) is 8.35. The van der Waals surface area contributed by atoms with Gasteiger partial charge in [0.1, 0.15) is 0 Å². The summed E-state index contributed by atoms with van der Waals surface area (Å²) in [7, 11) is 3.06. The van der Waals surface area contributed by atoms with Crippen LogP contribution in [0.1, 0.15) is 16.7 Å². The van der Waals surface area contributed by atoms with E-state index in [0.717, 1.165) is 21.8 Å². The topological polar surface area (TPSA) is 69.8 Å². The molecule has 1 saturated heterocycles. The van der Waals surface area contributed by atoms with Gasteiger partial charge >= 0.3 is 5.69 Å². The Balaban J connectivity index is 2.20. The van der Waals surface area contributed by atoms with Crippen molar-refractivity contribution in [3.05, 3.63) is 32.7 Å². The molecule has 0 atom stereocenters. The number of aromatic nitrogens is 4. The van der Waals surface area contributed by atoms with E-state index in [-0.39, 0.29) is 21.3 Å². The highest BCUT2D eigenvalue weighted by molar-refractivity contribution is 8.16. The maximum Gasteiger partial charge on any atom is 0.332 e. The van der Waals surface area contributed by atoms with Crippen LogP contribution >= 0.6 is 23.5 Å². The molecule has 0 spiro atoms. The highest BCUT2D eigenvalue weighted by atomic mass is 32.2. The number of hydrogen-bond acceptors (Lipinski definition) is 6. The van der Waals surface area contributed by atoms with E-state index in [9.17, 15) is 9.59 Å². The lowest BCUT2D eigenvalue weighted by atomic mass is 10.4. The zero-order valence-electron chi connectivity index (χ0n) is 11.2. The van der Waals surface area contributed by atoms with Crippen molar-refractivity contribution >= 4 is 34.7 Å². The van der Waals surface area contributed by atoms with Crippen LogP contribution in [0.25, 0.3) is 11.2 Å². The third-order valence-electron chi connectivity index (χ3n) is 3.24. The Kier molecular flexibility index (Phi) is 3.59. The van der Waals surface area contributed by atoms with Gasteiger partial charge in [-0.2, -0.15) is 0 Å². The van der Waals surface area contributed by atoms with Crippen LogP contribution in [0.2, 0.25) is 0 Å². The van der Waals surface area contributed by atoms with Crippen molar-refractivity contribution < 1.29 is 0 Å². The zero-order valence-corrected chi connectivity index (χ0v) is 12.8. The maximum absolute atomic E-state index is 12.2. The van der Waals surface area contributed by atoms with Crippen LogP contribution in [0.15, 0.2) is 15.8 Å². The number of thioether (sulfide) groups is 2. The molecule has 0 N–H and O–H groups in total. The average Bonchev–Trinajstić information content (AvgIpc) is 2.51. The fraction of sp³-hybridized carbons (Fsp3) is 0.500. The first-order chi connectivity index (χ1) is 9.59. The highest BCUT2D eigenvalue weighted by Crippen LogP contribution is 2.42. The van der Waals surface area contributed by atoms with Crippen molar-refractivity contribution in [3.8, 4) is 0 Å². The number of aryl methyl sites for hydroxylation is 1. The van der Waals surface area contributed by atoms with Gasteiger partial charge < -0.3 is 0 Å². The van der Waals surface area contributed by atoms with Gasteiger partial charge in [-0.1, -0.05) is 0 Å². The van der Waals surface area contributed by atoms with E-state index in [2.05, 4.69) is 9.97 Å². The molecule has 1 aliphatic rings. The van der Waals surface area contributed by atoms with Crippen LogP contribution in [-0.4, -0.2) is 30.6 Å². The fourth-order valence-electron chi connectivity index (χ4n) is 2.12. The van der Waals surface area contributed by atoms with Crippen LogP contribution in [0, 0.1) is 0 Å². The standard InChI is InChI=1S/C12H14N4O2S2/c1-15-9-8(10(17)16(2)12(15)18)14-7(6-13-9)11-19-4-3-5-20-11/h6,11H,3-5H2,1-2H3. The van der Waals surface area contributed by atoms with Gasteiger partial charge in [-0.3, -0.25) is 13.9 Å². The molecule has 2 aromatic heterocycles. The third-order valence-corrected chi connectivity index (χ3v) is 6.19. The second-order valence-corrected chi connectivity index (χ2v) is 7.32. The van der Waals surface area contributed by atoms with E-state index >= 15 is 0 Å². The summed E-state index contributed by atoms with van der Waals surface area (Å²) >= 11 is 3.65. The van der Waals surface area contributed by atoms with Crippen LogP contribution in [0.5, 0.6) is 0 Å². The lowest BCUT2D eigenvalue weighted by Gasteiger charge is -2.20. The lowest BCUT2D eigenvalue weighted by Crippen LogP contribution is -2.37. The molecule has 3 rings (SSSR count). The fourth-order valence-corrected chi connectivity index (χ4v) is 4.88. The Hall–Kier alpha value is -1.28. The molecule has 0 saturated carbocycles. The first kappa shape index (κ1) is 13.7. The largest absolute Gasteiger partial charge is 0.332 e. The predicted octanol–water partition coefficient (Wildman–Crippen LogP) is 0.896. The van der Waals surface area contributed by atoms with E-state index in [4.69, 9.17) is 0 Å². The third kappa shape index (κ3) is 2.16.